The lowest BCUT2D eigenvalue weighted by Crippen LogP contribution is -2.29. The highest BCUT2D eigenvalue weighted by atomic mass is 16.1. The van der Waals surface area contributed by atoms with E-state index in [1.807, 2.05) is 19.9 Å². The number of nitrogens with zero attached hydrogens (tertiary/aromatic N) is 3. The van der Waals surface area contributed by atoms with Crippen molar-refractivity contribution >= 4 is 30.1 Å². The van der Waals surface area contributed by atoms with Crippen molar-refractivity contribution in [3.05, 3.63) is 40.6 Å². The molecule has 7 nitrogen and oxygen atoms in total. The molecule has 1 aromatic carbocycles. The molecule has 0 spiro atoms. The number of amidine groups is 1. The molecule has 0 radical (unpaired) electrons. The van der Waals surface area contributed by atoms with E-state index in [9.17, 15) is 9.59 Å². The molecule has 1 unspecified atom stereocenters. The summed E-state index contributed by atoms with van der Waals surface area (Å²) in [5, 5.41) is 11.9. The number of carbonyl (C=O) groups is 2. The van der Waals surface area contributed by atoms with Gasteiger partial charge in [-0.2, -0.15) is 5.10 Å². The van der Waals surface area contributed by atoms with Gasteiger partial charge in [0.1, 0.15) is 18.3 Å². The van der Waals surface area contributed by atoms with E-state index in [4.69, 9.17) is 0 Å². The Morgan fingerprint density at radius 3 is 2.88 bits per heavy atom. The second-order valence-corrected chi connectivity index (χ2v) is 5.80. The van der Waals surface area contributed by atoms with Crippen molar-refractivity contribution in [3.8, 4) is 0 Å². The predicted octanol–water partition coefficient (Wildman–Crippen LogP) is 1.53. The lowest BCUT2D eigenvalue weighted by atomic mass is 10.0. The first-order valence-electron chi connectivity index (χ1n) is 7.69. The number of hydrazone groups is 1. The van der Waals surface area contributed by atoms with Crippen LogP contribution in [0.15, 0.2) is 39.6 Å². The van der Waals surface area contributed by atoms with Crippen LogP contribution in [0.3, 0.4) is 0 Å². The van der Waals surface area contributed by atoms with Crippen molar-refractivity contribution in [1.29, 1.82) is 0 Å². The van der Waals surface area contributed by atoms with Crippen LogP contribution in [-0.2, 0) is 4.79 Å². The van der Waals surface area contributed by atoms with Crippen molar-refractivity contribution < 1.29 is 9.59 Å². The number of aliphatic imine (C=N–C) groups is 1. The normalized spacial score (nSPS) is 19.0. The Morgan fingerprint density at radius 2 is 2.17 bits per heavy atom. The van der Waals surface area contributed by atoms with Crippen molar-refractivity contribution in [2.24, 2.45) is 16.0 Å². The molecule has 0 saturated heterocycles. The third-order valence-corrected chi connectivity index (χ3v) is 4.30. The minimum Gasteiger partial charge on any atom is -0.355 e. The van der Waals surface area contributed by atoms with Gasteiger partial charge in [0, 0.05) is 18.3 Å². The van der Waals surface area contributed by atoms with Gasteiger partial charge in [-0.05, 0) is 37.1 Å². The van der Waals surface area contributed by atoms with Crippen molar-refractivity contribution in [1.82, 2.24) is 10.3 Å². The van der Waals surface area contributed by atoms with Crippen LogP contribution in [0, 0.1) is 12.8 Å². The van der Waals surface area contributed by atoms with Gasteiger partial charge in [0.15, 0.2) is 5.84 Å². The average molecular weight is 325 g/mol. The molecule has 2 aliphatic rings. The summed E-state index contributed by atoms with van der Waals surface area (Å²) in [6.07, 6.45) is 2.40. The Kier molecular flexibility index (Phi) is 4.16. The quantitative estimate of drug-likeness (QED) is 0.825. The summed E-state index contributed by atoms with van der Waals surface area (Å²) in [6.45, 7) is 4.40. The zero-order valence-corrected chi connectivity index (χ0v) is 13.8. The Labute approximate surface area is 140 Å². The highest BCUT2D eigenvalue weighted by Gasteiger charge is 2.33. The first-order chi connectivity index (χ1) is 11.5. The minimum atomic E-state index is -0.180. The van der Waals surface area contributed by atoms with Gasteiger partial charge in [0.25, 0.3) is 5.91 Å². The molecule has 2 heterocycles. The Morgan fingerprint density at radius 1 is 1.38 bits per heavy atom. The van der Waals surface area contributed by atoms with E-state index in [-0.39, 0.29) is 11.8 Å². The zero-order chi connectivity index (χ0) is 17.3. The van der Waals surface area contributed by atoms with Gasteiger partial charge in [-0.25, -0.2) is 4.99 Å². The number of anilines is 1. The van der Waals surface area contributed by atoms with Gasteiger partial charge in [-0.15, -0.1) is 0 Å². The largest absolute Gasteiger partial charge is 0.355 e. The molecule has 0 aromatic heterocycles. The smallest absolute Gasteiger partial charge is 0.251 e. The van der Waals surface area contributed by atoms with E-state index < -0.39 is 0 Å². The fourth-order valence-corrected chi connectivity index (χ4v) is 2.82. The van der Waals surface area contributed by atoms with Crippen molar-refractivity contribution in [2.75, 3.05) is 18.9 Å². The second-order valence-electron chi connectivity index (χ2n) is 5.80. The summed E-state index contributed by atoms with van der Waals surface area (Å²) in [7, 11) is 1.60. The van der Waals surface area contributed by atoms with E-state index >= 15 is 0 Å². The van der Waals surface area contributed by atoms with E-state index in [1.165, 1.54) is 6.34 Å². The number of hydrogen-bond donors (Lipinski definition) is 2. The maximum atomic E-state index is 11.8. The number of fused-ring (bicyclic) bond motifs is 1. The highest BCUT2D eigenvalue weighted by molar-refractivity contribution is 6.12. The highest BCUT2D eigenvalue weighted by Crippen LogP contribution is 2.30. The molecule has 0 saturated carbocycles. The van der Waals surface area contributed by atoms with E-state index in [0.29, 0.717) is 17.9 Å². The van der Waals surface area contributed by atoms with Gasteiger partial charge in [-0.1, -0.05) is 6.07 Å². The summed E-state index contributed by atoms with van der Waals surface area (Å²) in [5.41, 5.74) is 4.10. The minimum absolute atomic E-state index is 0.149. The van der Waals surface area contributed by atoms with Crippen molar-refractivity contribution in [3.63, 3.8) is 0 Å². The Hall–Kier alpha value is -2.96. The molecular weight excluding hydrogens is 306 g/mol. The molecule has 1 atom stereocenters. The van der Waals surface area contributed by atoms with Crippen LogP contribution in [0.1, 0.15) is 22.8 Å². The second kappa shape index (κ2) is 6.27. The molecule has 124 valence electrons. The van der Waals surface area contributed by atoms with Crippen LogP contribution < -0.4 is 10.6 Å². The van der Waals surface area contributed by atoms with Crippen LogP contribution in [0.25, 0.3) is 0 Å². The zero-order valence-electron chi connectivity index (χ0n) is 13.8. The number of aryl methyl sites for hydroxylation is 1. The lowest BCUT2D eigenvalue weighted by molar-refractivity contribution is -0.110. The van der Waals surface area contributed by atoms with E-state index in [0.717, 1.165) is 28.8 Å². The molecule has 0 aliphatic carbocycles. The Balaban J connectivity index is 1.95. The van der Waals surface area contributed by atoms with Gasteiger partial charge < -0.3 is 15.4 Å². The third-order valence-electron chi connectivity index (χ3n) is 4.30. The van der Waals surface area contributed by atoms with Crippen LogP contribution in [-0.4, -0.2) is 43.0 Å². The molecule has 0 fully saturated rings. The van der Waals surface area contributed by atoms with Crippen LogP contribution in [0.2, 0.25) is 0 Å². The van der Waals surface area contributed by atoms with Gasteiger partial charge in [0.05, 0.1) is 12.5 Å². The Bertz CT molecular complexity index is 794. The SMILES string of the molecule is CNC(=O)c1ccc(C)c(NC2=NC=NN3CC(C=O)C(C)=C23)c1. The number of aldehydes is 1. The third kappa shape index (κ3) is 2.68. The number of hydrogen-bond acceptors (Lipinski definition) is 6. The van der Waals surface area contributed by atoms with Gasteiger partial charge in [0.2, 0.25) is 0 Å². The molecule has 3 rings (SSSR count). The number of rotatable bonds is 3. The van der Waals surface area contributed by atoms with Crippen molar-refractivity contribution in [2.45, 2.75) is 13.8 Å². The summed E-state index contributed by atoms with van der Waals surface area (Å²) in [4.78, 5) is 27.4. The maximum absolute atomic E-state index is 11.8. The number of nitrogens with one attached hydrogen (secondary N) is 2. The molecule has 7 heteroatoms. The summed E-state index contributed by atoms with van der Waals surface area (Å²) in [6, 6.07) is 5.44. The summed E-state index contributed by atoms with van der Waals surface area (Å²) < 4.78 is 0. The number of carbonyl (C=O) groups excluding carboxylic acids is 2. The molecule has 1 amide bonds. The molecular formula is C17H19N5O2. The molecule has 1 aromatic rings. The lowest BCUT2D eigenvalue weighted by Gasteiger charge is -2.22. The fraction of sp³-hybridized carbons (Fsp3) is 0.294. The van der Waals surface area contributed by atoms with E-state index in [2.05, 4.69) is 20.7 Å². The standard InChI is InChI=1S/C17H19N5O2/c1-10-4-5-12(17(24)18-3)6-14(10)21-16-15-11(2)13(8-23)7-22(15)20-9-19-16/h4-6,8-9,13H,7H2,1-3H3,(H,18,24)(H,19,20,21). The van der Waals surface area contributed by atoms with Crippen LogP contribution in [0.5, 0.6) is 0 Å². The average Bonchev–Trinajstić information content (AvgIpc) is 2.93. The van der Waals surface area contributed by atoms with Crippen LogP contribution >= 0.6 is 0 Å². The van der Waals surface area contributed by atoms with Gasteiger partial charge in [-0.3, -0.25) is 9.80 Å². The first-order valence-corrected chi connectivity index (χ1v) is 7.69. The maximum Gasteiger partial charge on any atom is 0.251 e. The molecule has 2 N–H and O–H groups in total. The predicted molar refractivity (Wildman–Crippen MR) is 93.1 cm³/mol. The van der Waals surface area contributed by atoms with Gasteiger partial charge >= 0.3 is 0 Å². The summed E-state index contributed by atoms with van der Waals surface area (Å²) >= 11 is 0. The fourth-order valence-electron chi connectivity index (χ4n) is 2.82. The first kappa shape index (κ1) is 15.9. The monoisotopic (exact) mass is 325 g/mol. The number of benzene rings is 1. The van der Waals surface area contributed by atoms with Crippen LogP contribution in [0.4, 0.5) is 5.69 Å². The number of amides is 1. The molecule has 0 bridgehead atoms. The summed E-state index contributed by atoms with van der Waals surface area (Å²) in [5.74, 6) is 0.300. The molecule has 24 heavy (non-hydrogen) atoms. The molecule has 2 aliphatic heterocycles. The van der Waals surface area contributed by atoms with E-state index in [1.54, 1.807) is 24.2 Å². The topological polar surface area (TPSA) is 86.2 Å².